The molecule has 138 valence electrons. The van der Waals surface area contributed by atoms with Crippen LogP contribution < -0.4 is 15.5 Å². The number of rotatable bonds is 4. The third-order valence-corrected chi connectivity index (χ3v) is 5.12. The first-order valence-corrected chi connectivity index (χ1v) is 9.03. The molecule has 0 amide bonds. The molecule has 3 heterocycles. The molecule has 2 aliphatic rings. The zero-order chi connectivity index (χ0) is 18.0. The molecule has 2 N–H and O–H groups in total. The van der Waals surface area contributed by atoms with Crippen molar-refractivity contribution in [2.45, 2.75) is 26.7 Å². The number of nitro groups is 1. The Kier molecular flexibility index (Phi) is 5.22. The Hall–Kier alpha value is -2.16. The molecule has 0 saturated carbocycles. The van der Waals surface area contributed by atoms with E-state index in [1.54, 1.807) is 0 Å². The number of nitrogens with two attached hydrogens (primary N) is 1. The molecule has 2 saturated heterocycles. The van der Waals surface area contributed by atoms with Gasteiger partial charge in [-0.2, -0.15) is 9.97 Å². The normalized spacial score (nSPS) is 22.2. The number of hydrogen-bond acceptors (Lipinski definition) is 8. The lowest BCUT2D eigenvalue weighted by atomic mass is 10.0. The van der Waals surface area contributed by atoms with Gasteiger partial charge in [-0.1, -0.05) is 13.8 Å². The summed E-state index contributed by atoms with van der Waals surface area (Å²) in [5, 5.41) is 11.5. The summed E-state index contributed by atoms with van der Waals surface area (Å²) >= 11 is 0. The van der Waals surface area contributed by atoms with Crippen molar-refractivity contribution >= 4 is 23.3 Å². The molecule has 9 heteroatoms. The van der Waals surface area contributed by atoms with Gasteiger partial charge < -0.3 is 20.4 Å². The van der Waals surface area contributed by atoms with Crippen LogP contribution in [0.2, 0.25) is 0 Å². The van der Waals surface area contributed by atoms with Crippen LogP contribution in [0.15, 0.2) is 0 Å². The van der Waals surface area contributed by atoms with Gasteiger partial charge in [0.25, 0.3) is 0 Å². The molecule has 1 atom stereocenters. The van der Waals surface area contributed by atoms with E-state index in [2.05, 4.69) is 33.6 Å². The molecule has 0 aromatic carbocycles. The Bertz CT molecular complexity index is 631. The van der Waals surface area contributed by atoms with Gasteiger partial charge in [0.1, 0.15) is 0 Å². The first-order chi connectivity index (χ1) is 12.0. The summed E-state index contributed by atoms with van der Waals surface area (Å²) in [6.45, 7) is 10.2. The molecule has 9 nitrogen and oxygen atoms in total. The molecule has 25 heavy (non-hydrogen) atoms. The summed E-state index contributed by atoms with van der Waals surface area (Å²) in [6.07, 6.45) is 2.26. The van der Waals surface area contributed by atoms with Crippen molar-refractivity contribution in [1.82, 2.24) is 14.9 Å². The van der Waals surface area contributed by atoms with Crippen molar-refractivity contribution in [3.05, 3.63) is 10.1 Å². The number of nitrogen functional groups attached to an aromatic ring is 1. The van der Waals surface area contributed by atoms with Gasteiger partial charge in [0.15, 0.2) is 0 Å². The van der Waals surface area contributed by atoms with Crippen molar-refractivity contribution < 1.29 is 4.92 Å². The third-order valence-electron chi connectivity index (χ3n) is 5.12. The van der Waals surface area contributed by atoms with E-state index in [4.69, 9.17) is 5.73 Å². The topological polar surface area (TPSA) is 105 Å². The highest BCUT2D eigenvalue weighted by Crippen LogP contribution is 2.34. The van der Waals surface area contributed by atoms with E-state index < -0.39 is 4.92 Å². The molecule has 0 unspecified atom stereocenters. The van der Waals surface area contributed by atoms with Gasteiger partial charge in [-0.05, 0) is 25.3 Å². The molecule has 0 aliphatic carbocycles. The van der Waals surface area contributed by atoms with Crippen LogP contribution in [0.4, 0.5) is 23.3 Å². The first kappa shape index (κ1) is 17.7. The molecule has 1 aromatic heterocycles. The smallest absolute Gasteiger partial charge is 0.353 e. The van der Waals surface area contributed by atoms with E-state index in [9.17, 15) is 10.1 Å². The molecule has 0 radical (unpaired) electrons. The van der Waals surface area contributed by atoms with Crippen molar-refractivity contribution in [3.63, 3.8) is 0 Å². The van der Waals surface area contributed by atoms with Gasteiger partial charge in [-0.3, -0.25) is 10.1 Å². The van der Waals surface area contributed by atoms with Crippen LogP contribution in [0.25, 0.3) is 0 Å². The fourth-order valence-electron chi connectivity index (χ4n) is 3.63. The maximum Gasteiger partial charge on any atom is 0.353 e. The van der Waals surface area contributed by atoms with Gasteiger partial charge in [-0.25, -0.2) is 0 Å². The number of likely N-dealkylation sites (N-methyl/N-ethyl adjacent to an activating group) is 1. The lowest BCUT2D eigenvalue weighted by Gasteiger charge is -2.35. The summed E-state index contributed by atoms with van der Waals surface area (Å²) in [6, 6.07) is 0. The number of hydrogen-bond donors (Lipinski definition) is 1. The molecular weight excluding hydrogens is 322 g/mol. The number of aromatic nitrogens is 2. The Balaban J connectivity index is 1.92. The second kappa shape index (κ2) is 7.38. The Morgan fingerprint density at radius 2 is 1.92 bits per heavy atom. The Morgan fingerprint density at radius 1 is 1.20 bits per heavy atom. The maximum absolute atomic E-state index is 11.5. The minimum atomic E-state index is -0.459. The monoisotopic (exact) mass is 349 g/mol. The van der Waals surface area contributed by atoms with Crippen molar-refractivity contribution in [3.8, 4) is 0 Å². The van der Waals surface area contributed by atoms with Gasteiger partial charge in [-0.15, -0.1) is 0 Å². The average Bonchev–Trinajstić information content (AvgIpc) is 2.60. The fourth-order valence-corrected chi connectivity index (χ4v) is 3.63. The molecule has 2 fully saturated rings. The predicted octanol–water partition coefficient (Wildman–Crippen LogP) is 1.35. The lowest BCUT2D eigenvalue weighted by Crippen LogP contribution is -2.47. The zero-order valence-electron chi connectivity index (χ0n) is 15.0. The lowest BCUT2D eigenvalue weighted by molar-refractivity contribution is -0.383. The largest absolute Gasteiger partial charge is 0.378 e. The van der Waals surface area contributed by atoms with E-state index in [0.717, 1.165) is 39.1 Å². The average molecular weight is 349 g/mol. The van der Waals surface area contributed by atoms with E-state index in [1.807, 2.05) is 4.90 Å². The standard InChI is InChI=1S/C16H27N7O2/c1-3-20-7-9-21(10-8-20)15-13(23(24)25)14(17)18-16(19-15)22-6-4-5-12(2)11-22/h12H,3-11H2,1-2H3,(H2,17,18,19)/t12-/m1/s1. The molecule has 3 rings (SSSR count). The number of nitrogens with zero attached hydrogens (tertiary/aromatic N) is 6. The summed E-state index contributed by atoms with van der Waals surface area (Å²) in [4.78, 5) is 26.3. The second-order valence-corrected chi connectivity index (χ2v) is 6.95. The van der Waals surface area contributed by atoms with Crippen molar-refractivity contribution in [2.75, 3.05) is 61.3 Å². The van der Waals surface area contributed by atoms with E-state index in [0.29, 0.717) is 30.8 Å². The predicted molar refractivity (Wildman–Crippen MR) is 98.0 cm³/mol. The number of piperazine rings is 1. The summed E-state index contributed by atoms with van der Waals surface area (Å²) < 4.78 is 0. The van der Waals surface area contributed by atoms with Gasteiger partial charge >= 0.3 is 5.69 Å². The molecule has 0 bridgehead atoms. The Morgan fingerprint density at radius 3 is 2.52 bits per heavy atom. The first-order valence-electron chi connectivity index (χ1n) is 9.03. The van der Waals surface area contributed by atoms with Crippen molar-refractivity contribution in [2.24, 2.45) is 5.92 Å². The molecule has 0 spiro atoms. The van der Waals surface area contributed by atoms with Crippen LogP contribution in [0, 0.1) is 16.0 Å². The molecular formula is C16H27N7O2. The highest BCUT2D eigenvalue weighted by molar-refractivity contribution is 5.71. The SMILES string of the molecule is CCN1CCN(c2nc(N3CCC[C@@H](C)C3)nc(N)c2[N+](=O)[O-])CC1. The van der Waals surface area contributed by atoms with E-state index in [-0.39, 0.29) is 11.5 Å². The number of piperidine rings is 1. The highest BCUT2D eigenvalue weighted by Gasteiger charge is 2.31. The molecule has 1 aromatic rings. The van der Waals surface area contributed by atoms with Gasteiger partial charge in [0, 0.05) is 39.3 Å². The van der Waals surface area contributed by atoms with Crippen LogP contribution >= 0.6 is 0 Å². The second-order valence-electron chi connectivity index (χ2n) is 6.95. The van der Waals surface area contributed by atoms with Crippen LogP contribution in [0.3, 0.4) is 0 Å². The zero-order valence-corrected chi connectivity index (χ0v) is 15.0. The fraction of sp³-hybridized carbons (Fsp3) is 0.750. The molecule has 2 aliphatic heterocycles. The minimum Gasteiger partial charge on any atom is -0.378 e. The Labute approximate surface area is 148 Å². The summed E-state index contributed by atoms with van der Waals surface area (Å²) in [7, 11) is 0. The van der Waals surface area contributed by atoms with E-state index in [1.165, 1.54) is 6.42 Å². The van der Waals surface area contributed by atoms with Crippen LogP contribution in [-0.4, -0.2) is 65.6 Å². The van der Waals surface area contributed by atoms with Gasteiger partial charge in [0.2, 0.25) is 17.6 Å². The van der Waals surface area contributed by atoms with Crippen LogP contribution in [0.1, 0.15) is 26.7 Å². The quantitative estimate of drug-likeness (QED) is 0.641. The number of anilines is 3. The van der Waals surface area contributed by atoms with E-state index >= 15 is 0 Å². The summed E-state index contributed by atoms with van der Waals surface area (Å²) in [5.41, 5.74) is 5.80. The summed E-state index contributed by atoms with van der Waals surface area (Å²) in [5.74, 6) is 1.40. The van der Waals surface area contributed by atoms with Crippen molar-refractivity contribution in [1.29, 1.82) is 0 Å². The minimum absolute atomic E-state index is 0.0406. The maximum atomic E-state index is 11.5. The van der Waals surface area contributed by atoms with Crippen LogP contribution in [-0.2, 0) is 0 Å². The highest BCUT2D eigenvalue weighted by atomic mass is 16.6. The third kappa shape index (κ3) is 3.76. The van der Waals surface area contributed by atoms with Gasteiger partial charge in [0.05, 0.1) is 4.92 Å². The van der Waals surface area contributed by atoms with Crippen LogP contribution in [0.5, 0.6) is 0 Å².